The molecule has 66 valence electrons. The van der Waals surface area contributed by atoms with Gasteiger partial charge in [-0.25, -0.2) is 0 Å². The fourth-order valence-electron chi connectivity index (χ4n) is 1.63. The van der Waals surface area contributed by atoms with Crippen molar-refractivity contribution in [1.29, 1.82) is 0 Å². The Bertz CT molecular complexity index is 264. The highest BCUT2D eigenvalue weighted by Crippen LogP contribution is 2.40. The Hall–Kier alpha value is -0.900. The lowest BCUT2D eigenvalue weighted by atomic mass is 10.1. The summed E-state index contributed by atoms with van der Waals surface area (Å²) in [6.07, 6.45) is 4.51. The molecule has 0 aliphatic heterocycles. The van der Waals surface area contributed by atoms with Crippen molar-refractivity contribution in [2.75, 3.05) is 7.05 Å². The largest absolute Gasteiger partial charge is 0.311 e. The number of hydrogen-bond donors (Lipinski definition) is 1. The average Bonchev–Trinajstić information content (AvgIpc) is 2.80. The summed E-state index contributed by atoms with van der Waals surface area (Å²) >= 11 is 0. The van der Waals surface area contributed by atoms with Crippen LogP contribution in [0.2, 0.25) is 0 Å². The minimum atomic E-state index is 0.449. The van der Waals surface area contributed by atoms with Crippen LogP contribution in [0.25, 0.3) is 0 Å². The lowest BCUT2D eigenvalue weighted by Gasteiger charge is -2.13. The third-order valence-corrected chi connectivity index (χ3v) is 2.47. The SMILES string of the molecule is CNC(c1cnnn1C)C1CC1. The summed E-state index contributed by atoms with van der Waals surface area (Å²) in [6, 6.07) is 0.449. The molecule has 1 aliphatic rings. The summed E-state index contributed by atoms with van der Waals surface area (Å²) in [6.45, 7) is 0. The van der Waals surface area contributed by atoms with Gasteiger partial charge >= 0.3 is 0 Å². The first-order valence-electron chi connectivity index (χ1n) is 4.34. The second-order valence-electron chi connectivity index (χ2n) is 3.39. The van der Waals surface area contributed by atoms with Crippen LogP contribution in [0.15, 0.2) is 6.20 Å². The highest BCUT2D eigenvalue weighted by molar-refractivity contribution is 5.06. The molecule has 1 aromatic rings. The molecule has 0 bridgehead atoms. The van der Waals surface area contributed by atoms with E-state index in [9.17, 15) is 0 Å². The summed E-state index contributed by atoms with van der Waals surface area (Å²) in [7, 11) is 3.94. The van der Waals surface area contributed by atoms with E-state index in [1.165, 1.54) is 18.5 Å². The summed E-state index contributed by atoms with van der Waals surface area (Å²) in [5.41, 5.74) is 1.19. The van der Waals surface area contributed by atoms with Crippen molar-refractivity contribution in [1.82, 2.24) is 20.3 Å². The zero-order valence-corrected chi connectivity index (χ0v) is 7.49. The quantitative estimate of drug-likeness (QED) is 0.710. The normalized spacial score (nSPS) is 19.5. The Labute approximate surface area is 72.0 Å². The Morgan fingerprint density at radius 2 is 2.42 bits per heavy atom. The van der Waals surface area contributed by atoms with Crippen molar-refractivity contribution in [2.45, 2.75) is 18.9 Å². The topological polar surface area (TPSA) is 42.7 Å². The molecular formula is C8H14N4. The molecule has 0 radical (unpaired) electrons. The van der Waals surface area contributed by atoms with Crippen LogP contribution in [0, 0.1) is 5.92 Å². The summed E-state index contributed by atoms with van der Waals surface area (Å²) < 4.78 is 1.85. The van der Waals surface area contributed by atoms with Gasteiger partial charge in [-0.05, 0) is 25.8 Å². The number of rotatable bonds is 3. The van der Waals surface area contributed by atoms with Crippen molar-refractivity contribution >= 4 is 0 Å². The monoisotopic (exact) mass is 166 g/mol. The molecule has 1 aliphatic carbocycles. The third-order valence-electron chi connectivity index (χ3n) is 2.47. The van der Waals surface area contributed by atoms with Crippen molar-refractivity contribution in [3.63, 3.8) is 0 Å². The number of aryl methyl sites for hydroxylation is 1. The minimum absolute atomic E-state index is 0.449. The predicted octanol–water partition coefficient (Wildman–Crippen LogP) is 0.486. The van der Waals surface area contributed by atoms with Gasteiger partial charge in [-0.15, -0.1) is 5.10 Å². The van der Waals surface area contributed by atoms with Gasteiger partial charge in [-0.3, -0.25) is 4.68 Å². The van der Waals surface area contributed by atoms with Crippen molar-refractivity contribution in [3.05, 3.63) is 11.9 Å². The van der Waals surface area contributed by atoms with Gasteiger partial charge in [0.2, 0.25) is 0 Å². The van der Waals surface area contributed by atoms with Gasteiger partial charge in [-0.2, -0.15) is 0 Å². The number of nitrogens with zero attached hydrogens (tertiary/aromatic N) is 3. The smallest absolute Gasteiger partial charge is 0.0755 e. The fraction of sp³-hybridized carbons (Fsp3) is 0.750. The molecule has 1 aromatic heterocycles. The van der Waals surface area contributed by atoms with Gasteiger partial charge in [0.05, 0.1) is 17.9 Å². The van der Waals surface area contributed by atoms with Crippen LogP contribution in [-0.4, -0.2) is 22.0 Å². The summed E-state index contributed by atoms with van der Waals surface area (Å²) in [4.78, 5) is 0. The van der Waals surface area contributed by atoms with E-state index in [4.69, 9.17) is 0 Å². The lowest BCUT2D eigenvalue weighted by molar-refractivity contribution is 0.487. The zero-order chi connectivity index (χ0) is 8.55. The Kier molecular flexibility index (Phi) is 1.84. The summed E-state index contributed by atoms with van der Waals surface area (Å²) in [5, 5.41) is 11.1. The van der Waals surface area contributed by atoms with Gasteiger partial charge in [-0.1, -0.05) is 5.21 Å². The maximum Gasteiger partial charge on any atom is 0.0755 e. The molecule has 0 aromatic carbocycles. The predicted molar refractivity (Wildman–Crippen MR) is 45.5 cm³/mol. The lowest BCUT2D eigenvalue weighted by Crippen LogP contribution is -2.21. The first kappa shape index (κ1) is 7.73. The molecule has 0 spiro atoms. The van der Waals surface area contributed by atoms with Crippen molar-refractivity contribution in [3.8, 4) is 0 Å². The van der Waals surface area contributed by atoms with Crippen LogP contribution >= 0.6 is 0 Å². The van der Waals surface area contributed by atoms with Gasteiger partial charge in [0.1, 0.15) is 0 Å². The molecule has 0 amide bonds. The molecule has 1 heterocycles. The zero-order valence-electron chi connectivity index (χ0n) is 7.49. The highest BCUT2D eigenvalue weighted by atomic mass is 15.4. The fourth-order valence-corrected chi connectivity index (χ4v) is 1.63. The van der Waals surface area contributed by atoms with E-state index in [1.807, 2.05) is 25.0 Å². The second kappa shape index (κ2) is 2.86. The molecule has 1 saturated carbocycles. The van der Waals surface area contributed by atoms with Gasteiger partial charge in [0.25, 0.3) is 0 Å². The molecule has 1 N–H and O–H groups in total. The first-order valence-corrected chi connectivity index (χ1v) is 4.34. The van der Waals surface area contributed by atoms with Crippen LogP contribution in [0.5, 0.6) is 0 Å². The minimum Gasteiger partial charge on any atom is -0.311 e. The molecular weight excluding hydrogens is 152 g/mol. The van der Waals surface area contributed by atoms with E-state index >= 15 is 0 Å². The van der Waals surface area contributed by atoms with E-state index in [-0.39, 0.29) is 0 Å². The third kappa shape index (κ3) is 1.22. The highest BCUT2D eigenvalue weighted by Gasteiger charge is 2.32. The summed E-state index contributed by atoms with van der Waals surface area (Å²) in [5.74, 6) is 0.798. The Morgan fingerprint density at radius 1 is 1.67 bits per heavy atom. The van der Waals surface area contributed by atoms with E-state index in [0.717, 1.165) is 5.92 Å². The molecule has 4 nitrogen and oxygen atoms in total. The van der Waals surface area contributed by atoms with Crippen LogP contribution in [0.1, 0.15) is 24.6 Å². The molecule has 4 heteroatoms. The molecule has 1 unspecified atom stereocenters. The van der Waals surface area contributed by atoms with Crippen molar-refractivity contribution in [2.24, 2.45) is 13.0 Å². The second-order valence-corrected chi connectivity index (χ2v) is 3.39. The molecule has 0 saturated heterocycles. The number of aromatic nitrogens is 3. The van der Waals surface area contributed by atoms with E-state index in [1.54, 1.807) is 0 Å². The van der Waals surface area contributed by atoms with E-state index < -0.39 is 0 Å². The van der Waals surface area contributed by atoms with Gasteiger partial charge < -0.3 is 5.32 Å². The average molecular weight is 166 g/mol. The van der Waals surface area contributed by atoms with Crippen LogP contribution in [0.3, 0.4) is 0 Å². The van der Waals surface area contributed by atoms with Crippen LogP contribution in [-0.2, 0) is 7.05 Å². The van der Waals surface area contributed by atoms with Crippen LogP contribution < -0.4 is 5.32 Å². The van der Waals surface area contributed by atoms with E-state index in [0.29, 0.717) is 6.04 Å². The molecule has 1 fully saturated rings. The Balaban J connectivity index is 2.20. The Morgan fingerprint density at radius 3 is 2.83 bits per heavy atom. The first-order chi connectivity index (χ1) is 5.83. The number of hydrogen-bond acceptors (Lipinski definition) is 3. The molecule has 12 heavy (non-hydrogen) atoms. The van der Waals surface area contributed by atoms with Gasteiger partial charge in [0.15, 0.2) is 0 Å². The van der Waals surface area contributed by atoms with Gasteiger partial charge in [0, 0.05) is 7.05 Å². The maximum atomic E-state index is 3.92. The van der Waals surface area contributed by atoms with Crippen molar-refractivity contribution < 1.29 is 0 Å². The number of nitrogens with one attached hydrogen (secondary N) is 1. The molecule has 1 atom stereocenters. The molecule has 2 rings (SSSR count). The van der Waals surface area contributed by atoms with Crippen LogP contribution in [0.4, 0.5) is 0 Å². The standard InChI is InChI=1S/C8H14N4/c1-9-8(6-3-4-6)7-5-10-11-12(7)2/h5-6,8-9H,3-4H2,1-2H3. The van der Waals surface area contributed by atoms with E-state index in [2.05, 4.69) is 15.6 Å². The maximum absolute atomic E-state index is 3.92.